The summed E-state index contributed by atoms with van der Waals surface area (Å²) in [5, 5.41) is 3.44. The summed E-state index contributed by atoms with van der Waals surface area (Å²) in [6.07, 6.45) is 0. The Hall–Kier alpha value is -0.550. The van der Waals surface area contributed by atoms with E-state index in [1.54, 1.807) is 0 Å². The van der Waals surface area contributed by atoms with E-state index in [0.29, 0.717) is 0 Å². The fraction of sp³-hybridized carbons (Fsp3) is 0.143. The van der Waals surface area contributed by atoms with Crippen molar-refractivity contribution < 1.29 is 0 Å². The summed E-state index contributed by atoms with van der Waals surface area (Å²) in [6.45, 7) is 2.95. The molecular formula is C14H13BrIN. The fourth-order valence-corrected chi connectivity index (χ4v) is 2.32. The van der Waals surface area contributed by atoms with Gasteiger partial charge in [-0.15, -0.1) is 0 Å². The zero-order valence-electron chi connectivity index (χ0n) is 9.50. The van der Waals surface area contributed by atoms with Gasteiger partial charge < -0.3 is 5.32 Å². The molecule has 3 heteroatoms. The van der Waals surface area contributed by atoms with Crippen molar-refractivity contribution in [3.63, 3.8) is 0 Å². The van der Waals surface area contributed by atoms with Gasteiger partial charge in [-0.25, -0.2) is 0 Å². The van der Waals surface area contributed by atoms with Crippen LogP contribution in [0.4, 0.5) is 5.69 Å². The van der Waals surface area contributed by atoms with Crippen LogP contribution in [-0.4, -0.2) is 0 Å². The molecule has 0 aliphatic heterocycles. The molecule has 0 amide bonds. The van der Waals surface area contributed by atoms with E-state index in [0.717, 1.165) is 16.7 Å². The Morgan fingerprint density at radius 1 is 1.12 bits per heavy atom. The number of hydrogen-bond donors (Lipinski definition) is 1. The fourth-order valence-electron chi connectivity index (χ4n) is 1.57. The first-order valence-corrected chi connectivity index (χ1v) is 7.27. The van der Waals surface area contributed by atoms with Gasteiger partial charge in [0.05, 0.1) is 0 Å². The van der Waals surface area contributed by atoms with Gasteiger partial charge in [0.2, 0.25) is 0 Å². The molecule has 1 nitrogen and oxygen atoms in total. The summed E-state index contributed by atoms with van der Waals surface area (Å²) >= 11 is 5.87. The van der Waals surface area contributed by atoms with Crippen molar-refractivity contribution >= 4 is 44.2 Å². The van der Waals surface area contributed by atoms with Gasteiger partial charge >= 0.3 is 0 Å². The summed E-state index contributed by atoms with van der Waals surface area (Å²) in [5.41, 5.74) is 3.70. The molecule has 0 spiro atoms. The highest BCUT2D eigenvalue weighted by Gasteiger charge is 1.99. The highest BCUT2D eigenvalue weighted by atomic mass is 127. The summed E-state index contributed by atoms with van der Waals surface area (Å²) in [6, 6.07) is 14.9. The monoisotopic (exact) mass is 401 g/mol. The SMILES string of the molecule is Cc1ccc(Br)c(NCc2ccc(I)cc2)c1. The molecule has 0 radical (unpaired) electrons. The first kappa shape index (κ1) is 12.9. The Morgan fingerprint density at radius 3 is 2.53 bits per heavy atom. The average Bonchev–Trinajstić information content (AvgIpc) is 2.32. The zero-order valence-corrected chi connectivity index (χ0v) is 13.2. The number of nitrogens with one attached hydrogen (secondary N) is 1. The largest absolute Gasteiger partial charge is 0.380 e. The molecule has 2 rings (SSSR count). The summed E-state index contributed by atoms with van der Waals surface area (Å²) in [7, 11) is 0. The average molecular weight is 402 g/mol. The lowest BCUT2D eigenvalue weighted by molar-refractivity contribution is 1.14. The van der Waals surface area contributed by atoms with Crippen LogP contribution in [0.25, 0.3) is 0 Å². The maximum atomic E-state index is 3.55. The molecule has 0 saturated heterocycles. The molecule has 0 atom stereocenters. The molecule has 1 N–H and O–H groups in total. The predicted octanol–water partition coefficient (Wildman–Crippen LogP) is 4.97. The summed E-state index contributed by atoms with van der Waals surface area (Å²) < 4.78 is 2.37. The third kappa shape index (κ3) is 3.71. The minimum atomic E-state index is 0.846. The van der Waals surface area contributed by atoms with E-state index < -0.39 is 0 Å². The molecule has 0 aromatic heterocycles. The van der Waals surface area contributed by atoms with Crippen LogP contribution in [0.2, 0.25) is 0 Å². The van der Waals surface area contributed by atoms with Gasteiger partial charge in [-0.2, -0.15) is 0 Å². The van der Waals surface area contributed by atoms with E-state index in [9.17, 15) is 0 Å². The van der Waals surface area contributed by atoms with Gasteiger partial charge in [0, 0.05) is 20.3 Å². The molecule has 0 unspecified atom stereocenters. The van der Waals surface area contributed by atoms with E-state index in [-0.39, 0.29) is 0 Å². The van der Waals surface area contributed by atoms with Crippen LogP contribution >= 0.6 is 38.5 Å². The van der Waals surface area contributed by atoms with Crippen LogP contribution in [-0.2, 0) is 6.54 Å². The van der Waals surface area contributed by atoms with Crippen LogP contribution in [0.1, 0.15) is 11.1 Å². The molecule has 0 saturated carbocycles. The highest BCUT2D eigenvalue weighted by molar-refractivity contribution is 14.1. The van der Waals surface area contributed by atoms with Crippen molar-refractivity contribution in [3.05, 3.63) is 61.6 Å². The lowest BCUT2D eigenvalue weighted by Gasteiger charge is -2.09. The number of rotatable bonds is 3. The Kier molecular flexibility index (Phi) is 4.45. The first-order valence-electron chi connectivity index (χ1n) is 5.39. The molecule has 0 aliphatic carbocycles. The maximum Gasteiger partial charge on any atom is 0.0489 e. The van der Waals surface area contributed by atoms with E-state index in [1.165, 1.54) is 14.7 Å². The van der Waals surface area contributed by atoms with Gasteiger partial charge in [-0.05, 0) is 80.8 Å². The summed E-state index contributed by atoms with van der Waals surface area (Å²) in [4.78, 5) is 0. The second-order valence-electron chi connectivity index (χ2n) is 3.96. The van der Waals surface area contributed by atoms with Gasteiger partial charge in [0.25, 0.3) is 0 Å². The molecule has 88 valence electrons. The van der Waals surface area contributed by atoms with Crippen molar-refractivity contribution in [2.45, 2.75) is 13.5 Å². The molecular weight excluding hydrogens is 389 g/mol. The Balaban J connectivity index is 2.07. The number of halogens is 2. The molecule has 0 heterocycles. The molecule has 17 heavy (non-hydrogen) atoms. The van der Waals surface area contributed by atoms with Crippen LogP contribution in [0.15, 0.2) is 46.9 Å². The highest BCUT2D eigenvalue weighted by Crippen LogP contribution is 2.23. The Morgan fingerprint density at radius 2 is 1.82 bits per heavy atom. The zero-order chi connectivity index (χ0) is 12.3. The van der Waals surface area contributed by atoms with Crippen LogP contribution in [0.3, 0.4) is 0 Å². The van der Waals surface area contributed by atoms with Gasteiger partial charge in [0.15, 0.2) is 0 Å². The van der Waals surface area contributed by atoms with Gasteiger partial charge in [-0.1, -0.05) is 18.2 Å². The first-order chi connectivity index (χ1) is 8.15. The second-order valence-corrected chi connectivity index (χ2v) is 6.06. The molecule has 0 fully saturated rings. The number of anilines is 1. The lowest BCUT2D eigenvalue weighted by Crippen LogP contribution is -2.00. The van der Waals surface area contributed by atoms with Crippen molar-refractivity contribution in [3.8, 4) is 0 Å². The van der Waals surface area contributed by atoms with Crippen molar-refractivity contribution in [1.29, 1.82) is 0 Å². The summed E-state index contributed by atoms with van der Waals surface area (Å²) in [5.74, 6) is 0. The molecule has 0 bridgehead atoms. The minimum absolute atomic E-state index is 0.846. The Labute approximate surface area is 124 Å². The number of aryl methyl sites for hydroxylation is 1. The van der Waals surface area contributed by atoms with E-state index >= 15 is 0 Å². The quantitative estimate of drug-likeness (QED) is 0.715. The van der Waals surface area contributed by atoms with E-state index in [1.807, 2.05) is 0 Å². The number of benzene rings is 2. The third-order valence-corrected chi connectivity index (χ3v) is 3.93. The standard InChI is InChI=1S/C14H13BrIN/c1-10-2-7-13(15)14(8-10)17-9-11-3-5-12(16)6-4-11/h2-8,17H,9H2,1H3. The van der Waals surface area contributed by atoms with Crippen molar-refractivity contribution in [2.75, 3.05) is 5.32 Å². The van der Waals surface area contributed by atoms with Gasteiger partial charge in [0.1, 0.15) is 0 Å². The smallest absolute Gasteiger partial charge is 0.0489 e. The van der Waals surface area contributed by atoms with E-state index in [2.05, 4.69) is 93.2 Å². The maximum absolute atomic E-state index is 3.55. The number of hydrogen-bond acceptors (Lipinski definition) is 1. The molecule has 2 aromatic rings. The van der Waals surface area contributed by atoms with E-state index in [4.69, 9.17) is 0 Å². The lowest BCUT2D eigenvalue weighted by atomic mass is 10.2. The second kappa shape index (κ2) is 5.87. The third-order valence-electron chi connectivity index (χ3n) is 2.52. The normalized spacial score (nSPS) is 10.3. The molecule has 2 aromatic carbocycles. The predicted molar refractivity (Wildman–Crippen MR) is 85.4 cm³/mol. The minimum Gasteiger partial charge on any atom is -0.380 e. The Bertz CT molecular complexity index is 508. The topological polar surface area (TPSA) is 12.0 Å². The van der Waals surface area contributed by atoms with Gasteiger partial charge in [-0.3, -0.25) is 0 Å². The van der Waals surface area contributed by atoms with Crippen LogP contribution in [0.5, 0.6) is 0 Å². The molecule has 0 aliphatic rings. The van der Waals surface area contributed by atoms with Crippen LogP contribution < -0.4 is 5.32 Å². The van der Waals surface area contributed by atoms with Crippen molar-refractivity contribution in [2.24, 2.45) is 0 Å². The van der Waals surface area contributed by atoms with Crippen molar-refractivity contribution in [1.82, 2.24) is 0 Å². The van der Waals surface area contributed by atoms with Crippen LogP contribution in [0, 0.1) is 10.5 Å².